The van der Waals surface area contributed by atoms with Crippen molar-refractivity contribution in [2.45, 2.75) is 40.5 Å². The van der Waals surface area contributed by atoms with Crippen LogP contribution in [0.15, 0.2) is 48.5 Å². The lowest BCUT2D eigenvalue weighted by molar-refractivity contribution is 0.0898. The van der Waals surface area contributed by atoms with Gasteiger partial charge in [0.2, 0.25) is 0 Å². The average molecular weight is 348 g/mol. The number of Topliss-reactive ketones (excluding diaryl/α,β-unsaturated/α-hetero) is 2. The maximum atomic E-state index is 11.8. The van der Waals surface area contributed by atoms with Crippen LogP contribution in [0.4, 0.5) is 0 Å². The number of carbonyl (C=O) groups excluding carboxylic acids is 2. The largest absolute Gasteiger partial charge is 0.294 e. The molecule has 0 saturated carbocycles. The molecular formula is C24H28O2. The van der Waals surface area contributed by atoms with Crippen molar-refractivity contribution in [2.24, 2.45) is 23.7 Å². The third-order valence-corrected chi connectivity index (χ3v) is 5.73. The van der Waals surface area contributed by atoms with Gasteiger partial charge in [0.1, 0.15) is 0 Å². The molecule has 2 aromatic rings. The molecule has 2 aliphatic carbocycles. The van der Waals surface area contributed by atoms with E-state index in [1.54, 1.807) is 0 Å². The fourth-order valence-corrected chi connectivity index (χ4v) is 4.01. The van der Waals surface area contributed by atoms with E-state index in [1.807, 2.05) is 36.4 Å². The van der Waals surface area contributed by atoms with Crippen molar-refractivity contribution in [1.82, 2.24) is 0 Å². The minimum absolute atomic E-state index is 0.220. The maximum absolute atomic E-state index is 11.8. The monoisotopic (exact) mass is 348 g/mol. The highest BCUT2D eigenvalue weighted by Crippen LogP contribution is 2.31. The lowest BCUT2D eigenvalue weighted by Gasteiger charge is -2.10. The van der Waals surface area contributed by atoms with Crippen LogP contribution in [0.5, 0.6) is 0 Å². The Labute approximate surface area is 156 Å². The Bertz CT molecular complexity index is 747. The maximum Gasteiger partial charge on any atom is 0.166 e. The highest BCUT2D eigenvalue weighted by molar-refractivity contribution is 6.02. The molecule has 0 aromatic heterocycles. The highest BCUT2D eigenvalue weighted by Gasteiger charge is 2.32. The van der Waals surface area contributed by atoms with Crippen LogP contribution in [0.3, 0.4) is 0 Å². The van der Waals surface area contributed by atoms with Crippen LogP contribution in [-0.4, -0.2) is 11.6 Å². The minimum atomic E-state index is 0.220. The van der Waals surface area contributed by atoms with Gasteiger partial charge in [-0.2, -0.15) is 0 Å². The Hall–Kier alpha value is -2.22. The zero-order valence-electron chi connectivity index (χ0n) is 16.2. The smallest absolute Gasteiger partial charge is 0.166 e. The molecular weight excluding hydrogens is 320 g/mol. The molecule has 2 aliphatic rings. The number of fused-ring (bicyclic) bond motifs is 2. The summed E-state index contributed by atoms with van der Waals surface area (Å²) in [5, 5.41) is 0. The molecule has 0 aliphatic heterocycles. The molecule has 4 rings (SSSR count). The molecule has 26 heavy (non-hydrogen) atoms. The van der Waals surface area contributed by atoms with Crippen molar-refractivity contribution in [2.75, 3.05) is 0 Å². The van der Waals surface area contributed by atoms with Crippen molar-refractivity contribution < 1.29 is 9.59 Å². The Morgan fingerprint density at radius 3 is 1.31 bits per heavy atom. The summed E-state index contributed by atoms with van der Waals surface area (Å²) in [5.41, 5.74) is 4.35. The third kappa shape index (κ3) is 3.51. The van der Waals surface area contributed by atoms with E-state index >= 15 is 0 Å². The van der Waals surface area contributed by atoms with Crippen molar-refractivity contribution in [1.29, 1.82) is 0 Å². The molecule has 0 spiro atoms. The topological polar surface area (TPSA) is 34.1 Å². The quantitative estimate of drug-likeness (QED) is 0.728. The molecule has 0 bridgehead atoms. The summed E-state index contributed by atoms with van der Waals surface area (Å²) >= 11 is 0. The van der Waals surface area contributed by atoms with Crippen LogP contribution < -0.4 is 0 Å². The molecule has 2 nitrogen and oxygen atoms in total. The Morgan fingerprint density at radius 2 is 1.00 bits per heavy atom. The van der Waals surface area contributed by atoms with Gasteiger partial charge in [0.15, 0.2) is 11.6 Å². The molecule has 136 valence electrons. The molecule has 0 N–H and O–H groups in total. The number of benzene rings is 2. The van der Waals surface area contributed by atoms with Crippen LogP contribution in [-0.2, 0) is 12.8 Å². The molecule has 0 amide bonds. The highest BCUT2D eigenvalue weighted by atomic mass is 16.1. The standard InChI is InChI=1S/2C12H14O/c2*1-8(2)11-7-9-5-3-4-6-10(9)12(11)13/h2*3-6,8,11H,7H2,1-2H3. The fraction of sp³-hybridized carbons (Fsp3) is 0.417. The summed E-state index contributed by atoms with van der Waals surface area (Å²) < 4.78 is 0. The number of hydrogen-bond donors (Lipinski definition) is 0. The zero-order chi connectivity index (χ0) is 18.8. The van der Waals surface area contributed by atoms with E-state index in [-0.39, 0.29) is 11.8 Å². The van der Waals surface area contributed by atoms with Gasteiger partial charge < -0.3 is 0 Å². The van der Waals surface area contributed by atoms with Gasteiger partial charge in [0, 0.05) is 23.0 Å². The summed E-state index contributed by atoms with van der Waals surface area (Å²) in [6, 6.07) is 15.9. The van der Waals surface area contributed by atoms with Crippen LogP contribution in [0.1, 0.15) is 59.5 Å². The van der Waals surface area contributed by atoms with Crippen molar-refractivity contribution in [3.63, 3.8) is 0 Å². The summed E-state index contributed by atoms with van der Waals surface area (Å²) in [6.45, 7) is 8.48. The molecule has 0 radical (unpaired) electrons. The minimum Gasteiger partial charge on any atom is -0.294 e. The molecule has 2 atom stereocenters. The molecule has 0 saturated heterocycles. The molecule has 2 heteroatoms. The van der Waals surface area contributed by atoms with Gasteiger partial charge in [-0.25, -0.2) is 0 Å². The predicted octanol–water partition coefficient (Wildman–Crippen LogP) is 5.40. The lowest BCUT2D eigenvalue weighted by atomic mass is 9.92. The zero-order valence-corrected chi connectivity index (χ0v) is 16.2. The number of ketones is 2. The molecule has 2 unspecified atom stereocenters. The van der Waals surface area contributed by atoms with Crippen LogP contribution >= 0.6 is 0 Å². The van der Waals surface area contributed by atoms with Gasteiger partial charge in [-0.3, -0.25) is 9.59 Å². The van der Waals surface area contributed by atoms with E-state index < -0.39 is 0 Å². The summed E-state index contributed by atoms with van der Waals surface area (Å²) in [6.07, 6.45) is 1.87. The van der Waals surface area contributed by atoms with Crippen molar-refractivity contribution in [3.8, 4) is 0 Å². The van der Waals surface area contributed by atoms with E-state index in [1.165, 1.54) is 11.1 Å². The van der Waals surface area contributed by atoms with Crippen LogP contribution in [0.25, 0.3) is 0 Å². The van der Waals surface area contributed by atoms with E-state index in [0.717, 1.165) is 24.0 Å². The van der Waals surface area contributed by atoms with Gasteiger partial charge in [0.05, 0.1) is 0 Å². The van der Waals surface area contributed by atoms with Gasteiger partial charge in [-0.05, 0) is 35.8 Å². The van der Waals surface area contributed by atoms with Crippen molar-refractivity contribution >= 4 is 11.6 Å². The lowest BCUT2D eigenvalue weighted by Crippen LogP contribution is -2.15. The number of hydrogen-bond acceptors (Lipinski definition) is 2. The van der Waals surface area contributed by atoms with Crippen LogP contribution in [0.2, 0.25) is 0 Å². The Morgan fingerprint density at radius 1 is 0.654 bits per heavy atom. The predicted molar refractivity (Wildman–Crippen MR) is 106 cm³/mol. The molecule has 0 heterocycles. The van der Waals surface area contributed by atoms with E-state index in [0.29, 0.717) is 23.4 Å². The van der Waals surface area contributed by atoms with Gasteiger partial charge >= 0.3 is 0 Å². The fourth-order valence-electron chi connectivity index (χ4n) is 4.01. The third-order valence-electron chi connectivity index (χ3n) is 5.73. The first kappa shape index (κ1) is 18.6. The SMILES string of the molecule is CC(C)C1Cc2ccccc2C1=O.CC(C)C1Cc2ccccc2C1=O. The van der Waals surface area contributed by atoms with E-state index in [2.05, 4.69) is 39.8 Å². The number of carbonyl (C=O) groups is 2. The molecule has 0 fully saturated rings. The number of rotatable bonds is 2. The van der Waals surface area contributed by atoms with Gasteiger partial charge in [-0.1, -0.05) is 76.2 Å². The Balaban J connectivity index is 0.000000151. The van der Waals surface area contributed by atoms with Crippen molar-refractivity contribution in [3.05, 3.63) is 70.8 Å². The summed E-state index contributed by atoms with van der Waals surface area (Å²) in [7, 11) is 0. The normalized spacial score (nSPS) is 20.8. The van der Waals surface area contributed by atoms with Gasteiger partial charge in [-0.15, -0.1) is 0 Å². The second-order valence-electron chi connectivity index (χ2n) is 8.15. The summed E-state index contributed by atoms with van der Waals surface area (Å²) in [5.74, 6) is 2.03. The second-order valence-corrected chi connectivity index (χ2v) is 8.15. The van der Waals surface area contributed by atoms with Crippen LogP contribution in [0, 0.1) is 23.7 Å². The second kappa shape index (κ2) is 7.57. The summed E-state index contributed by atoms with van der Waals surface area (Å²) in [4.78, 5) is 23.7. The van der Waals surface area contributed by atoms with E-state index in [4.69, 9.17) is 0 Å². The first-order chi connectivity index (χ1) is 12.4. The Kier molecular flexibility index (Phi) is 5.41. The molecule has 2 aromatic carbocycles. The first-order valence-corrected chi connectivity index (χ1v) is 9.64. The first-order valence-electron chi connectivity index (χ1n) is 9.64. The average Bonchev–Trinajstić information content (AvgIpc) is 3.14. The van der Waals surface area contributed by atoms with E-state index in [9.17, 15) is 9.59 Å². The van der Waals surface area contributed by atoms with Gasteiger partial charge in [0.25, 0.3) is 0 Å².